The number of rotatable bonds is 6. The first-order chi connectivity index (χ1) is 10.1. The Morgan fingerprint density at radius 3 is 2.71 bits per heavy atom. The lowest BCUT2D eigenvalue weighted by molar-refractivity contribution is 0.0702. The van der Waals surface area contributed by atoms with Crippen LogP contribution in [0.25, 0.3) is 0 Å². The molecular formula is C18H26N2O. The van der Waals surface area contributed by atoms with Crippen molar-refractivity contribution in [1.82, 2.24) is 4.90 Å². The standard InChI is InChI=1S/C18H26N2O/c1-4-5-6-13-20(15(2)3)18(21)17-11-7-9-16(14-17)10-8-12-19/h7,9,11,14-15H,4-6,12-13,19H2,1-3H3. The molecule has 3 nitrogen and oxygen atoms in total. The first-order valence-electron chi connectivity index (χ1n) is 7.70. The van der Waals surface area contributed by atoms with E-state index in [1.165, 1.54) is 0 Å². The Hall–Kier alpha value is -1.79. The molecule has 0 aliphatic rings. The number of nitrogens with zero attached hydrogens (tertiary/aromatic N) is 1. The fourth-order valence-electron chi connectivity index (χ4n) is 2.18. The van der Waals surface area contributed by atoms with Gasteiger partial charge < -0.3 is 10.6 Å². The van der Waals surface area contributed by atoms with Crippen LogP contribution in [0.1, 0.15) is 56.0 Å². The van der Waals surface area contributed by atoms with Crippen molar-refractivity contribution in [2.24, 2.45) is 5.73 Å². The molecule has 0 unspecified atom stereocenters. The maximum Gasteiger partial charge on any atom is 0.254 e. The van der Waals surface area contributed by atoms with E-state index in [4.69, 9.17) is 5.73 Å². The molecule has 0 aliphatic carbocycles. The Labute approximate surface area is 128 Å². The van der Waals surface area contributed by atoms with E-state index in [0.29, 0.717) is 12.1 Å². The number of hydrogen-bond acceptors (Lipinski definition) is 2. The summed E-state index contributed by atoms with van der Waals surface area (Å²) in [6, 6.07) is 7.67. The number of amides is 1. The normalized spacial score (nSPS) is 10.1. The van der Waals surface area contributed by atoms with Crippen LogP contribution in [-0.4, -0.2) is 29.9 Å². The molecule has 1 amide bonds. The van der Waals surface area contributed by atoms with Crippen LogP contribution < -0.4 is 5.73 Å². The van der Waals surface area contributed by atoms with Crippen molar-refractivity contribution in [3.8, 4) is 11.8 Å². The van der Waals surface area contributed by atoms with E-state index in [2.05, 4.69) is 32.6 Å². The van der Waals surface area contributed by atoms with Crippen LogP contribution in [0.4, 0.5) is 0 Å². The van der Waals surface area contributed by atoms with E-state index >= 15 is 0 Å². The summed E-state index contributed by atoms with van der Waals surface area (Å²) in [5, 5.41) is 0. The van der Waals surface area contributed by atoms with E-state index in [-0.39, 0.29) is 11.9 Å². The molecule has 1 rings (SSSR count). The van der Waals surface area contributed by atoms with Gasteiger partial charge in [0.25, 0.3) is 5.91 Å². The predicted octanol–water partition coefficient (Wildman–Crippen LogP) is 3.04. The highest BCUT2D eigenvalue weighted by atomic mass is 16.2. The van der Waals surface area contributed by atoms with Gasteiger partial charge in [-0.25, -0.2) is 0 Å². The van der Waals surface area contributed by atoms with Crippen LogP contribution in [-0.2, 0) is 0 Å². The molecule has 0 heterocycles. The summed E-state index contributed by atoms with van der Waals surface area (Å²) in [6.07, 6.45) is 3.36. The number of hydrogen-bond donors (Lipinski definition) is 1. The van der Waals surface area contributed by atoms with E-state index in [0.717, 1.165) is 31.4 Å². The maximum atomic E-state index is 12.7. The summed E-state index contributed by atoms with van der Waals surface area (Å²) in [5.74, 6) is 5.87. The van der Waals surface area contributed by atoms with Gasteiger partial charge in [-0.15, -0.1) is 0 Å². The van der Waals surface area contributed by atoms with Gasteiger partial charge in [-0.1, -0.05) is 37.7 Å². The average molecular weight is 286 g/mol. The molecule has 0 fully saturated rings. The van der Waals surface area contributed by atoms with Gasteiger partial charge in [0.2, 0.25) is 0 Å². The smallest absolute Gasteiger partial charge is 0.254 e. The van der Waals surface area contributed by atoms with Gasteiger partial charge in [0, 0.05) is 23.7 Å². The minimum atomic E-state index is 0.0810. The van der Waals surface area contributed by atoms with E-state index in [1.807, 2.05) is 29.2 Å². The molecule has 1 aromatic rings. The fourth-order valence-corrected chi connectivity index (χ4v) is 2.18. The second-order valence-electron chi connectivity index (χ2n) is 5.39. The third-order valence-electron chi connectivity index (χ3n) is 3.33. The monoisotopic (exact) mass is 286 g/mol. The van der Waals surface area contributed by atoms with Crippen molar-refractivity contribution in [2.75, 3.05) is 13.1 Å². The van der Waals surface area contributed by atoms with Gasteiger partial charge in [0.05, 0.1) is 6.54 Å². The minimum absolute atomic E-state index is 0.0810. The molecule has 1 aromatic carbocycles. The summed E-state index contributed by atoms with van der Waals surface area (Å²) in [7, 11) is 0. The predicted molar refractivity (Wildman–Crippen MR) is 88.1 cm³/mol. The molecular weight excluding hydrogens is 260 g/mol. The van der Waals surface area contributed by atoms with Crippen molar-refractivity contribution in [2.45, 2.75) is 46.1 Å². The molecule has 0 saturated carbocycles. The van der Waals surface area contributed by atoms with Crippen molar-refractivity contribution in [3.63, 3.8) is 0 Å². The van der Waals surface area contributed by atoms with Crippen LogP contribution in [0, 0.1) is 11.8 Å². The number of benzene rings is 1. The van der Waals surface area contributed by atoms with Crippen molar-refractivity contribution in [1.29, 1.82) is 0 Å². The fraction of sp³-hybridized carbons (Fsp3) is 0.500. The van der Waals surface area contributed by atoms with Crippen molar-refractivity contribution in [3.05, 3.63) is 35.4 Å². The third kappa shape index (κ3) is 5.61. The molecule has 0 spiro atoms. The van der Waals surface area contributed by atoms with Gasteiger partial charge in [-0.3, -0.25) is 4.79 Å². The number of carbonyl (C=O) groups is 1. The lowest BCUT2D eigenvalue weighted by atomic mass is 10.1. The molecule has 0 aliphatic heterocycles. The first-order valence-corrected chi connectivity index (χ1v) is 7.70. The molecule has 0 saturated heterocycles. The van der Waals surface area contributed by atoms with Crippen molar-refractivity contribution >= 4 is 5.91 Å². The van der Waals surface area contributed by atoms with Crippen LogP contribution in [0.2, 0.25) is 0 Å². The topological polar surface area (TPSA) is 46.3 Å². The SMILES string of the molecule is CCCCCN(C(=O)c1cccc(C#CCN)c1)C(C)C. The Morgan fingerprint density at radius 2 is 2.10 bits per heavy atom. The van der Waals surface area contributed by atoms with Gasteiger partial charge in [-0.2, -0.15) is 0 Å². The molecule has 0 aromatic heterocycles. The molecule has 2 N–H and O–H groups in total. The second kappa shape index (κ2) is 9.20. The third-order valence-corrected chi connectivity index (χ3v) is 3.33. The Morgan fingerprint density at radius 1 is 1.33 bits per heavy atom. The summed E-state index contributed by atoms with van der Waals surface area (Å²) in [6.45, 7) is 7.42. The lowest BCUT2D eigenvalue weighted by Gasteiger charge is -2.27. The lowest BCUT2D eigenvalue weighted by Crippen LogP contribution is -2.37. The molecule has 0 bridgehead atoms. The Bertz CT molecular complexity index is 511. The molecule has 0 radical (unpaired) electrons. The second-order valence-corrected chi connectivity index (χ2v) is 5.39. The molecule has 3 heteroatoms. The minimum Gasteiger partial charge on any atom is -0.336 e. The zero-order valence-corrected chi connectivity index (χ0v) is 13.4. The number of carbonyl (C=O) groups excluding carboxylic acids is 1. The summed E-state index contributed by atoms with van der Waals surface area (Å²) < 4.78 is 0. The molecule has 21 heavy (non-hydrogen) atoms. The maximum absolute atomic E-state index is 12.7. The molecule has 0 atom stereocenters. The molecule has 114 valence electrons. The highest BCUT2D eigenvalue weighted by Crippen LogP contribution is 2.12. The Balaban J connectivity index is 2.87. The average Bonchev–Trinajstić information content (AvgIpc) is 2.49. The summed E-state index contributed by atoms with van der Waals surface area (Å²) in [4.78, 5) is 14.6. The zero-order valence-electron chi connectivity index (χ0n) is 13.4. The summed E-state index contributed by atoms with van der Waals surface area (Å²) >= 11 is 0. The summed E-state index contributed by atoms with van der Waals surface area (Å²) in [5.41, 5.74) is 6.92. The Kier molecular flexibility index (Phi) is 7.56. The van der Waals surface area contributed by atoms with Gasteiger partial charge >= 0.3 is 0 Å². The zero-order chi connectivity index (χ0) is 15.7. The highest BCUT2D eigenvalue weighted by Gasteiger charge is 2.18. The van der Waals surface area contributed by atoms with E-state index in [9.17, 15) is 4.79 Å². The first kappa shape index (κ1) is 17.3. The van der Waals surface area contributed by atoms with Gasteiger partial charge in [0.1, 0.15) is 0 Å². The number of nitrogens with two attached hydrogens (primary N) is 1. The van der Waals surface area contributed by atoms with Gasteiger partial charge in [-0.05, 0) is 38.5 Å². The van der Waals surface area contributed by atoms with Crippen LogP contribution in [0.15, 0.2) is 24.3 Å². The van der Waals surface area contributed by atoms with Gasteiger partial charge in [0.15, 0.2) is 0 Å². The van der Waals surface area contributed by atoms with E-state index in [1.54, 1.807) is 0 Å². The quantitative estimate of drug-likeness (QED) is 0.645. The number of unbranched alkanes of at least 4 members (excludes halogenated alkanes) is 2. The van der Waals surface area contributed by atoms with Crippen LogP contribution in [0.5, 0.6) is 0 Å². The van der Waals surface area contributed by atoms with Crippen LogP contribution in [0.3, 0.4) is 0 Å². The largest absolute Gasteiger partial charge is 0.336 e. The highest BCUT2D eigenvalue weighted by molar-refractivity contribution is 5.94. The van der Waals surface area contributed by atoms with E-state index < -0.39 is 0 Å². The van der Waals surface area contributed by atoms with Crippen molar-refractivity contribution < 1.29 is 4.79 Å². The van der Waals surface area contributed by atoms with Crippen LogP contribution >= 0.6 is 0 Å².